The first kappa shape index (κ1) is 23.4. The third-order valence-corrected chi connectivity index (χ3v) is 5.73. The molecule has 0 saturated carbocycles. The number of carbonyl (C=O) groups excluding carboxylic acids is 2. The number of Topliss-reactive ketones (excluding diaryl/α,β-unsaturated/α-hetero) is 2. The molecule has 5 nitrogen and oxygen atoms in total. The lowest BCUT2D eigenvalue weighted by atomic mass is 9.74. The third kappa shape index (κ3) is 5.93. The van der Waals surface area contributed by atoms with Gasteiger partial charge in [0.15, 0.2) is 11.6 Å². The highest BCUT2D eigenvalue weighted by atomic mass is 16.5. The maximum atomic E-state index is 13.6. The van der Waals surface area contributed by atoms with Crippen LogP contribution in [0.1, 0.15) is 45.0 Å². The van der Waals surface area contributed by atoms with E-state index in [-0.39, 0.29) is 24.4 Å². The number of hydrogen-bond acceptors (Lipinski definition) is 5. The smallest absolute Gasteiger partial charge is 0.166 e. The van der Waals surface area contributed by atoms with Crippen molar-refractivity contribution < 1.29 is 14.3 Å². The number of benzene rings is 3. The van der Waals surface area contributed by atoms with Gasteiger partial charge >= 0.3 is 0 Å². The normalized spacial score (nSPS) is 12.2. The van der Waals surface area contributed by atoms with Gasteiger partial charge < -0.3 is 4.74 Å². The van der Waals surface area contributed by atoms with Crippen LogP contribution in [0.3, 0.4) is 0 Å². The largest absolute Gasteiger partial charge is 0.497 e. The maximum absolute atomic E-state index is 13.6. The molecule has 0 fully saturated rings. The summed E-state index contributed by atoms with van der Waals surface area (Å²) in [5, 5.41) is 18.9. The lowest BCUT2D eigenvalue weighted by Gasteiger charge is -2.27. The van der Waals surface area contributed by atoms with Gasteiger partial charge in [0.1, 0.15) is 11.7 Å². The monoisotopic (exact) mass is 436 g/mol. The zero-order valence-corrected chi connectivity index (χ0v) is 18.3. The van der Waals surface area contributed by atoms with Gasteiger partial charge in [0.25, 0.3) is 0 Å². The summed E-state index contributed by atoms with van der Waals surface area (Å²) in [6.45, 7) is 0. The summed E-state index contributed by atoms with van der Waals surface area (Å²) in [6.07, 6.45) is 0.114. The highest BCUT2D eigenvalue weighted by Gasteiger charge is 2.34. The average molecular weight is 437 g/mol. The molecule has 164 valence electrons. The van der Waals surface area contributed by atoms with Gasteiger partial charge in [-0.1, -0.05) is 72.8 Å². The number of nitrogens with zero attached hydrogens (tertiary/aromatic N) is 2. The Balaban J connectivity index is 2.06. The number of ether oxygens (including phenoxy) is 1. The van der Waals surface area contributed by atoms with E-state index in [1.807, 2.05) is 36.4 Å². The van der Waals surface area contributed by atoms with Crippen molar-refractivity contribution in [1.29, 1.82) is 10.5 Å². The molecule has 0 aromatic heterocycles. The van der Waals surface area contributed by atoms with Crippen LogP contribution >= 0.6 is 0 Å². The summed E-state index contributed by atoms with van der Waals surface area (Å²) < 4.78 is 5.26. The summed E-state index contributed by atoms with van der Waals surface area (Å²) >= 11 is 0. The molecule has 0 N–H and O–H groups in total. The molecule has 0 amide bonds. The number of rotatable bonds is 10. The van der Waals surface area contributed by atoms with E-state index in [1.165, 1.54) is 0 Å². The fourth-order valence-electron chi connectivity index (χ4n) is 3.94. The standard InChI is InChI=1S/C28H24N2O3/c1-33-24-14-12-21(13-15-24)25(17-27(31)22-8-4-2-5-9-22)26(16-20(18-29)19-30)28(32)23-10-6-3-7-11-23/h2-15,20,25-26H,16-17H2,1H3. The number of methoxy groups -OCH3 is 1. The van der Waals surface area contributed by atoms with Crippen molar-refractivity contribution in [3.05, 3.63) is 102 Å². The molecule has 0 aliphatic carbocycles. The first-order valence-electron chi connectivity index (χ1n) is 10.7. The average Bonchev–Trinajstić information content (AvgIpc) is 2.89. The SMILES string of the molecule is COc1ccc(C(CC(=O)c2ccccc2)C(CC(C#N)C#N)C(=O)c2ccccc2)cc1. The molecule has 33 heavy (non-hydrogen) atoms. The molecule has 3 aromatic carbocycles. The summed E-state index contributed by atoms with van der Waals surface area (Å²) in [6, 6.07) is 28.9. The van der Waals surface area contributed by atoms with Crippen molar-refractivity contribution in [3.63, 3.8) is 0 Å². The summed E-state index contributed by atoms with van der Waals surface area (Å²) in [7, 11) is 1.57. The molecule has 0 aliphatic rings. The first-order valence-corrected chi connectivity index (χ1v) is 10.7. The van der Waals surface area contributed by atoms with Gasteiger partial charge in [-0.05, 0) is 24.1 Å². The highest BCUT2D eigenvalue weighted by Crippen LogP contribution is 2.36. The number of carbonyl (C=O) groups is 2. The number of hydrogen-bond donors (Lipinski definition) is 0. The number of nitriles is 2. The molecule has 0 spiro atoms. The van der Waals surface area contributed by atoms with Crippen LogP contribution in [0.5, 0.6) is 5.75 Å². The summed E-state index contributed by atoms with van der Waals surface area (Å²) in [4.78, 5) is 26.8. The minimum Gasteiger partial charge on any atom is -0.497 e. The van der Waals surface area contributed by atoms with E-state index in [1.54, 1.807) is 67.8 Å². The van der Waals surface area contributed by atoms with Crippen molar-refractivity contribution in [1.82, 2.24) is 0 Å². The van der Waals surface area contributed by atoms with Gasteiger partial charge in [-0.25, -0.2) is 0 Å². The zero-order chi connectivity index (χ0) is 23.6. The minimum absolute atomic E-state index is 0.0412. The van der Waals surface area contributed by atoms with Crippen LogP contribution in [0.15, 0.2) is 84.9 Å². The van der Waals surface area contributed by atoms with Crippen LogP contribution in [0, 0.1) is 34.5 Å². The molecule has 2 atom stereocenters. The van der Waals surface area contributed by atoms with E-state index in [9.17, 15) is 20.1 Å². The predicted molar refractivity (Wildman–Crippen MR) is 125 cm³/mol. The van der Waals surface area contributed by atoms with Gasteiger partial charge in [-0.2, -0.15) is 10.5 Å². The minimum atomic E-state index is -0.963. The Morgan fingerprint density at radius 2 is 1.36 bits per heavy atom. The predicted octanol–water partition coefficient (Wildman–Crippen LogP) is 5.60. The Bertz CT molecular complexity index is 1150. The summed E-state index contributed by atoms with van der Waals surface area (Å²) in [5.41, 5.74) is 1.82. The molecular weight excluding hydrogens is 412 g/mol. The fourth-order valence-corrected chi connectivity index (χ4v) is 3.94. The van der Waals surface area contributed by atoms with Crippen LogP contribution in [0.4, 0.5) is 0 Å². The quantitative estimate of drug-likeness (QED) is 0.386. The lowest BCUT2D eigenvalue weighted by Crippen LogP contribution is -2.27. The molecule has 0 bridgehead atoms. The van der Waals surface area contributed by atoms with E-state index in [4.69, 9.17) is 4.74 Å². The lowest BCUT2D eigenvalue weighted by molar-refractivity contribution is 0.0864. The second-order valence-corrected chi connectivity index (χ2v) is 7.76. The van der Waals surface area contributed by atoms with Gasteiger partial charge in [0.05, 0.1) is 19.2 Å². The van der Waals surface area contributed by atoms with Crippen molar-refractivity contribution >= 4 is 11.6 Å². The topological polar surface area (TPSA) is 90.9 Å². The zero-order valence-electron chi connectivity index (χ0n) is 18.3. The van der Waals surface area contributed by atoms with E-state index in [0.29, 0.717) is 16.9 Å². The molecule has 0 saturated heterocycles. The molecular formula is C28H24N2O3. The van der Waals surface area contributed by atoms with Gasteiger partial charge in [0.2, 0.25) is 0 Å². The van der Waals surface area contributed by atoms with E-state index in [2.05, 4.69) is 0 Å². The number of ketones is 2. The Hall–Kier alpha value is -4.22. The molecule has 2 unspecified atom stereocenters. The second kappa shape index (κ2) is 11.4. The van der Waals surface area contributed by atoms with Crippen LogP contribution in [0.25, 0.3) is 0 Å². The highest BCUT2D eigenvalue weighted by molar-refractivity contribution is 6.00. The molecule has 0 aliphatic heterocycles. The second-order valence-electron chi connectivity index (χ2n) is 7.76. The van der Waals surface area contributed by atoms with Gasteiger partial charge in [-0.3, -0.25) is 9.59 Å². The van der Waals surface area contributed by atoms with E-state index >= 15 is 0 Å². The van der Waals surface area contributed by atoms with Crippen LogP contribution in [0.2, 0.25) is 0 Å². The van der Waals surface area contributed by atoms with Crippen LogP contribution < -0.4 is 4.74 Å². The fraction of sp³-hybridized carbons (Fsp3) is 0.214. The third-order valence-electron chi connectivity index (χ3n) is 5.73. The van der Waals surface area contributed by atoms with Crippen molar-refractivity contribution in [2.75, 3.05) is 7.11 Å². The maximum Gasteiger partial charge on any atom is 0.166 e. The molecule has 5 heteroatoms. The Morgan fingerprint density at radius 3 is 1.88 bits per heavy atom. The van der Waals surface area contributed by atoms with Gasteiger partial charge in [-0.15, -0.1) is 0 Å². The Labute approximate surface area is 193 Å². The van der Waals surface area contributed by atoms with Gasteiger partial charge in [0, 0.05) is 29.4 Å². The van der Waals surface area contributed by atoms with E-state index in [0.717, 1.165) is 5.56 Å². The first-order chi connectivity index (χ1) is 16.1. The molecule has 3 rings (SSSR count). The molecule has 0 radical (unpaired) electrons. The molecule has 0 heterocycles. The van der Waals surface area contributed by atoms with E-state index < -0.39 is 17.8 Å². The molecule has 3 aromatic rings. The van der Waals surface area contributed by atoms with Crippen LogP contribution in [-0.2, 0) is 0 Å². The van der Waals surface area contributed by atoms with Crippen molar-refractivity contribution in [2.45, 2.75) is 18.8 Å². The van der Waals surface area contributed by atoms with Crippen molar-refractivity contribution in [2.24, 2.45) is 11.8 Å². The Kier molecular flexibility index (Phi) is 8.11. The van der Waals surface area contributed by atoms with Crippen molar-refractivity contribution in [3.8, 4) is 17.9 Å². The Morgan fingerprint density at radius 1 is 0.818 bits per heavy atom. The summed E-state index contributed by atoms with van der Waals surface area (Å²) in [5.74, 6) is -1.83. The van der Waals surface area contributed by atoms with Crippen LogP contribution in [-0.4, -0.2) is 18.7 Å².